The Morgan fingerprint density at radius 3 is 2.48 bits per heavy atom. The molecule has 0 radical (unpaired) electrons. The second-order valence-corrected chi connectivity index (χ2v) is 9.20. The fraction of sp³-hybridized carbons (Fsp3) is 0.278. The van der Waals surface area contributed by atoms with Crippen molar-refractivity contribution in [2.75, 3.05) is 29.4 Å². The van der Waals surface area contributed by atoms with Crippen LogP contribution in [0.2, 0.25) is 5.02 Å². The molecule has 1 N–H and O–H groups in total. The van der Waals surface area contributed by atoms with Crippen molar-refractivity contribution in [2.45, 2.75) is 5.75 Å². The normalized spacial score (nSPS) is 11.2. The number of amides is 1. The van der Waals surface area contributed by atoms with E-state index in [4.69, 9.17) is 11.6 Å². The number of anilines is 1. The second kappa shape index (κ2) is 9.96. The number of hydrogen-bond donors (Lipinski definition) is 1. The molecule has 1 amide bonds. The number of benzene rings is 2. The van der Waals surface area contributed by atoms with Crippen LogP contribution in [0, 0.1) is 5.82 Å². The molecule has 5 nitrogen and oxygen atoms in total. The third-order valence-electron chi connectivity index (χ3n) is 3.56. The van der Waals surface area contributed by atoms with Crippen LogP contribution >= 0.6 is 23.4 Å². The number of hydrogen-bond acceptors (Lipinski definition) is 4. The molecule has 0 unspecified atom stereocenters. The van der Waals surface area contributed by atoms with Crippen LogP contribution < -0.4 is 9.62 Å². The lowest BCUT2D eigenvalue weighted by molar-refractivity contribution is -0.119. The topological polar surface area (TPSA) is 66.5 Å². The van der Waals surface area contributed by atoms with E-state index in [0.29, 0.717) is 17.3 Å². The van der Waals surface area contributed by atoms with Gasteiger partial charge in [0.1, 0.15) is 12.4 Å². The van der Waals surface area contributed by atoms with Gasteiger partial charge in [0.25, 0.3) is 0 Å². The Balaban J connectivity index is 1.82. The molecule has 0 aliphatic rings. The van der Waals surface area contributed by atoms with Gasteiger partial charge in [-0.15, -0.1) is 0 Å². The molecule has 0 saturated heterocycles. The molecule has 2 aromatic rings. The molecule has 0 spiro atoms. The number of nitrogens with zero attached hydrogens (tertiary/aromatic N) is 1. The number of halogens is 2. The number of para-hydroxylation sites is 1. The Hall–Kier alpha value is -1.77. The number of carbonyl (C=O) groups excluding carboxylic acids is 1. The van der Waals surface area contributed by atoms with E-state index in [9.17, 15) is 17.6 Å². The molecule has 146 valence electrons. The van der Waals surface area contributed by atoms with E-state index in [-0.39, 0.29) is 5.69 Å². The Labute approximate surface area is 168 Å². The van der Waals surface area contributed by atoms with Gasteiger partial charge in [-0.05, 0) is 29.8 Å². The average molecular weight is 431 g/mol. The first kappa shape index (κ1) is 21.5. The van der Waals surface area contributed by atoms with Crippen LogP contribution in [-0.2, 0) is 20.6 Å². The van der Waals surface area contributed by atoms with E-state index in [1.54, 1.807) is 11.8 Å². The van der Waals surface area contributed by atoms with Crippen molar-refractivity contribution in [1.29, 1.82) is 0 Å². The van der Waals surface area contributed by atoms with Crippen LogP contribution in [-0.4, -0.2) is 39.4 Å². The summed E-state index contributed by atoms with van der Waals surface area (Å²) in [5.41, 5.74) is 0.978. The molecule has 0 heterocycles. The monoisotopic (exact) mass is 430 g/mol. The summed E-state index contributed by atoms with van der Waals surface area (Å²) in [6, 6.07) is 13.0. The van der Waals surface area contributed by atoms with Gasteiger partial charge in [-0.2, -0.15) is 11.8 Å². The lowest BCUT2D eigenvalue weighted by Gasteiger charge is -2.22. The highest BCUT2D eigenvalue weighted by Crippen LogP contribution is 2.21. The van der Waals surface area contributed by atoms with Crippen LogP contribution in [0.5, 0.6) is 0 Å². The molecule has 0 aromatic heterocycles. The number of carbonyl (C=O) groups is 1. The summed E-state index contributed by atoms with van der Waals surface area (Å²) in [6.07, 6.45) is 0.939. The van der Waals surface area contributed by atoms with Gasteiger partial charge in [-0.3, -0.25) is 9.10 Å². The summed E-state index contributed by atoms with van der Waals surface area (Å²) in [7, 11) is -3.79. The van der Waals surface area contributed by atoms with E-state index in [0.717, 1.165) is 27.9 Å². The summed E-state index contributed by atoms with van der Waals surface area (Å²) < 4.78 is 38.6. The summed E-state index contributed by atoms with van der Waals surface area (Å²) in [5.74, 6) is 0.245. The fourth-order valence-electron chi connectivity index (χ4n) is 2.25. The number of rotatable bonds is 9. The van der Waals surface area contributed by atoms with Crippen molar-refractivity contribution in [3.8, 4) is 0 Å². The molecule has 0 atom stereocenters. The highest BCUT2D eigenvalue weighted by Gasteiger charge is 2.23. The smallest absolute Gasteiger partial charge is 0.240 e. The Bertz CT molecular complexity index is 876. The van der Waals surface area contributed by atoms with Crippen LogP contribution in [0.3, 0.4) is 0 Å². The number of nitrogens with one attached hydrogen (secondary N) is 1. The van der Waals surface area contributed by atoms with Crippen molar-refractivity contribution in [3.63, 3.8) is 0 Å². The zero-order valence-corrected chi connectivity index (χ0v) is 17.1. The first-order valence-corrected chi connectivity index (χ1v) is 11.5. The Morgan fingerprint density at radius 2 is 1.85 bits per heavy atom. The van der Waals surface area contributed by atoms with Gasteiger partial charge in [0, 0.05) is 23.1 Å². The maximum absolute atomic E-state index is 13.9. The fourth-order valence-corrected chi connectivity index (χ4v) is 4.06. The van der Waals surface area contributed by atoms with Crippen molar-refractivity contribution < 1.29 is 17.6 Å². The Morgan fingerprint density at radius 1 is 1.19 bits per heavy atom. The van der Waals surface area contributed by atoms with Crippen LogP contribution in [0.4, 0.5) is 10.1 Å². The molecule has 2 rings (SSSR count). The van der Waals surface area contributed by atoms with Crippen molar-refractivity contribution in [1.82, 2.24) is 5.32 Å². The van der Waals surface area contributed by atoms with E-state index in [1.165, 1.54) is 18.2 Å². The standard InChI is InChI=1S/C18H20ClFN2O3S2/c1-27(24,25)22(17-5-3-2-4-16(17)20)12-18(23)21-10-11-26-13-14-6-8-15(19)9-7-14/h2-9H,10-13H2,1H3,(H,21,23). The highest BCUT2D eigenvalue weighted by atomic mass is 35.5. The van der Waals surface area contributed by atoms with Gasteiger partial charge in [-0.1, -0.05) is 35.9 Å². The van der Waals surface area contributed by atoms with Crippen molar-refractivity contribution >= 4 is 45.0 Å². The first-order chi connectivity index (χ1) is 12.8. The maximum Gasteiger partial charge on any atom is 0.240 e. The van der Waals surface area contributed by atoms with Crippen LogP contribution in [0.15, 0.2) is 48.5 Å². The van der Waals surface area contributed by atoms with Gasteiger partial charge in [0.05, 0.1) is 11.9 Å². The molecule has 9 heteroatoms. The molecule has 0 saturated carbocycles. The van der Waals surface area contributed by atoms with Gasteiger partial charge < -0.3 is 5.32 Å². The molecule has 0 aliphatic heterocycles. The minimum Gasteiger partial charge on any atom is -0.354 e. The SMILES string of the molecule is CS(=O)(=O)N(CC(=O)NCCSCc1ccc(Cl)cc1)c1ccccc1F. The minimum atomic E-state index is -3.79. The first-order valence-electron chi connectivity index (χ1n) is 8.08. The Kier molecular flexibility index (Phi) is 7.94. The van der Waals surface area contributed by atoms with Gasteiger partial charge in [-0.25, -0.2) is 12.8 Å². The third-order valence-corrected chi connectivity index (χ3v) is 5.97. The maximum atomic E-state index is 13.9. The summed E-state index contributed by atoms with van der Waals surface area (Å²) in [6.45, 7) is -0.0897. The lowest BCUT2D eigenvalue weighted by atomic mass is 10.2. The van der Waals surface area contributed by atoms with Crippen molar-refractivity contribution in [3.05, 3.63) is 64.9 Å². The largest absolute Gasteiger partial charge is 0.354 e. The van der Waals surface area contributed by atoms with Gasteiger partial charge in [0.15, 0.2) is 0 Å². The quantitative estimate of drug-likeness (QED) is 0.620. The van der Waals surface area contributed by atoms with E-state index >= 15 is 0 Å². The van der Waals surface area contributed by atoms with E-state index in [2.05, 4.69) is 5.32 Å². The molecule has 2 aromatic carbocycles. The second-order valence-electron chi connectivity index (χ2n) is 5.75. The molecular weight excluding hydrogens is 411 g/mol. The predicted molar refractivity (Wildman–Crippen MR) is 109 cm³/mol. The average Bonchev–Trinajstić information content (AvgIpc) is 2.61. The van der Waals surface area contributed by atoms with Crippen LogP contribution in [0.1, 0.15) is 5.56 Å². The number of sulfonamides is 1. The lowest BCUT2D eigenvalue weighted by Crippen LogP contribution is -2.41. The van der Waals surface area contributed by atoms with E-state index < -0.39 is 28.3 Å². The zero-order chi connectivity index (χ0) is 19.9. The van der Waals surface area contributed by atoms with Gasteiger partial charge in [0.2, 0.25) is 15.9 Å². The highest BCUT2D eigenvalue weighted by molar-refractivity contribution is 7.98. The molecule has 0 bridgehead atoms. The predicted octanol–water partition coefficient (Wildman–Crippen LogP) is 3.29. The summed E-state index contributed by atoms with van der Waals surface area (Å²) >= 11 is 7.46. The third kappa shape index (κ3) is 7.04. The zero-order valence-electron chi connectivity index (χ0n) is 14.7. The van der Waals surface area contributed by atoms with E-state index in [1.807, 2.05) is 24.3 Å². The number of thioether (sulfide) groups is 1. The van der Waals surface area contributed by atoms with Crippen LogP contribution in [0.25, 0.3) is 0 Å². The minimum absolute atomic E-state index is 0.146. The molecular formula is C18H20ClFN2O3S2. The molecule has 27 heavy (non-hydrogen) atoms. The summed E-state index contributed by atoms with van der Waals surface area (Å²) in [5, 5.41) is 3.34. The van der Waals surface area contributed by atoms with Gasteiger partial charge >= 0.3 is 0 Å². The van der Waals surface area contributed by atoms with Crippen molar-refractivity contribution in [2.24, 2.45) is 0 Å². The molecule has 0 fully saturated rings. The molecule has 0 aliphatic carbocycles. The summed E-state index contributed by atoms with van der Waals surface area (Å²) in [4.78, 5) is 12.1.